The second kappa shape index (κ2) is 6.26. The second-order valence-electron chi connectivity index (χ2n) is 5.17. The van der Waals surface area contributed by atoms with Crippen molar-refractivity contribution in [2.24, 2.45) is 5.73 Å². The van der Waals surface area contributed by atoms with Crippen molar-refractivity contribution in [3.8, 4) is 0 Å². The molecule has 0 aliphatic rings. The fraction of sp³-hybridized carbons (Fsp3) is 0.462. The van der Waals surface area contributed by atoms with Gasteiger partial charge in [-0.2, -0.15) is 0 Å². The third kappa shape index (κ3) is 6.10. The first-order valence-electron chi connectivity index (χ1n) is 6.02. The summed E-state index contributed by atoms with van der Waals surface area (Å²) in [5.74, 6) is 0. The van der Waals surface area contributed by atoms with Crippen molar-refractivity contribution in [3.05, 3.63) is 24.3 Å². The molecule has 0 unspecified atom stereocenters. The molecule has 0 aliphatic carbocycles. The average Bonchev–Trinajstić information content (AvgIpc) is 2.24. The summed E-state index contributed by atoms with van der Waals surface area (Å²) < 4.78 is 0. The zero-order chi connectivity index (χ0) is 13.6. The predicted molar refractivity (Wildman–Crippen MR) is 75.9 cm³/mol. The fourth-order valence-electron chi connectivity index (χ4n) is 1.46. The lowest BCUT2D eigenvalue weighted by atomic mass is 10.1. The van der Waals surface area contributed by atoms with Crippen molar-refractivity contribution in [3.63, 3.8) is 0 Å². The molecule has 1 rings (SSSR count). The van der Waals surface area contributed by atoms with E-state index in [1.807, 2.05) is 24.3 Å². The Morgan fingerprint density at radius 1 is 1.11 bits per heavy atom. The number of urea groups is 1. The number of hydrogen-bond acceptors (Lipinski definition) is 3. The molecule has 100 valence electrons. The Balaban J connectivity index is 2.33. The van der Waals surface area contributed by atoms with E-state index < -0.39 is 6.03 Å². The van der Waals surface area contributed by atoms with Crippen molar-refractivity contribution in [1.29, 1.82) is 0 Å². The summed E-state index contributed by atoms with van der Waals surface area (Å²) in [6.45, 7) is 8.15. The number of primary amides is 1. The van der Waals surface area contributed by atoms with Crippen molar-refractivity contribution in [2.75, 3.05) is 23.7 Å². The third-order valence-electron chi connectivity index (χ3n) is 2.26. The minimum absolute atomic E-state index is 0.136. The molecule has 0 bridgehead atoms. The maximum absolute atomic E-state index is 10.6. The Labute approximate surface area is 108 Å². The first kappa shape index (κ1) is 14.3. The van der Waals surface area contributed by atoms with Crippen LogP contribution in [0.15, 0.2) is 24.3 Å². The first-order valence-corrected chi connectivity index (χ1v) is 6.02. The molecule has 1 aromatic carbocycles. The molecule has 18 heavy (non-hydrogen) atoms. The van der Waals surface area contributed by atoms with E-state index in [4.69, 9.17) is 5.73 Å². The third-order valence-corrected chi connectivity index (χ3v) is 2.26. The molecule has 2 amide bonds. The zero-order valence-corrected chi connectivity index (χ0v) is 11.2. The van der Waals surface area contributed by atoms with Crippen LogP contribution < -0.4 is 21.7 Å². The highest BCUT2D eigenvalue weighted by atomic mass is 16.2. The Hall–Kier alpha value is -1.75. The normalized spacial score (nSPS) is 11.1. The molecule has 0 aliphatic heterocycles. The maximum atomic E-state index is 10.6. The van der Waals surface area contributed by atoms with Gasteiger partial charge in [0.25, 0.3) is 0 Å². The number of nitrogens with two attached hydrogens (primary N) is 1. The highest BCUT2D eigenvalue weighted by Gasteiger charge is 2.06. The van der Waals surface area contributed by atoms with Crippen LogP contribution >= 0.6 is 0 Å². The molecular weight excluding hydrogens is 228 g/mol. The van der Waals surface area contributed by atoms with E-state index >= 15 is 0 Å². The molecule has 5 N–H and O–H groups in total. The van der Waals surface area contributed by atoms with Crippen LogP contribution in [-0.4, -0.2) is 24.7 Å². The van der Waals surface area contributed by atoms with E-state index in [0.29, 0.717) is 5.69 Å². The highest BCUT2D eigenvalue weighted by Crippen LogP contribution is 2.12. The number of amides is 2. The SMILES string of the molecule is CC(C)(C)NCCNc1ccc(NC(N)=O)cc1. The molecule has 0 saturated carbocycles. The van der Waals surface area contributed by atoms with Crippen LogP contribution in [0.3, 0.4) is 0 Å². The fourth-order valence-corrected chi connectivity index (χ4v) is 1.46. The van der Waals surface area contributed by atoms with E-state index in [2.05, 4.69) is 36.7 Å². The van der Waals surface area contributed by atoms with Crippen LogP contribution in [0.1, 0.15) is 20.8 Å². The van der Waals surface area contributed by atoms with Crippen LogP contribution in [0, 0.1) is 0 Å². The van der Waals surface area contributed by atoms with E-state index in [9.17, 15) is 4.79 Å². The minimum Gasteiger partial charge on any atom is -0.384 e. The molecule has 0 spiro atoms. The summed E-state index contributed by atoms with van der Waals surface area (Å²) in [7, 11) is 0. The number of nitrogens with one attached hydrogen (secondary N) is 3. The lowest BCUT2D eigenvalue weighted by Crippen LogP contribution is -2.38. The van der Waals surface area contributed by atoms with E-state index in [1.165, 1.54) is 0 Å². The second-order valence-corrected chi connectivity index (χ2v) is 5.17. The molecule has 0 heterocycles. The summed E-state index contributed by atoms with van der Waals surface area (Å²) in [4.78, 5) is 10.6. The molecule has 0 atom stereocenters. The van der Waals surface area contributed by atoms with Crippen molar-refractivity contribution >= 4 is 17.4 Å². The Morgan fingerprint density at radius 2 is 1.67 bits per heavy atom. The summed E-state index contributed by atoms with van der Waals surface area (Å²) >= 11 is 0. The lowest BCUT2D eigenvalue weighted by Gasteiger charge is -2.20. The molecule has 0 saturated heterocycles. The van der Waals surface area contributed by atoms with Crippen LogP contribution in [0.5, 0.6) is 0 Å². The van der Waals surface area contributed by atoms with Crippen LogP contribution in [0.25, 0.3) is 0 Å². The number of hydrogen-bond donors (Lipinski definition) is 4. The molecule has 1 aromatic rings. The van der Waals surface area contributed by atoms with Gasteiger partial charge < -0.3 is 21.7 Å². The Kier molecular flexibility index (Phi) is 4.97. The maximum Gasteiger partial charge on any atom is 0.316 e. The largest absolute Gasteiger partial charge is 0.384 e. The molecule has 5 heteroatoms. The summed E-state index contributed by atoms with van der Waals surface area (Å²) in [6.07, 6.45) is 0. The molecule has 5 nitrogen and oxygen atoms in total. The zero-order valence-electron chi connectivity index (χ0n) is 11.2. The number of benzene rings is 1. The van der Waals surface area contributed by atoms with Crippen molar-refractivity contribution in [1.82, 2.24) is 5.32 Å². The molecule has 0 aromatic heterocycles. The van der Waals surface area contributed by atoms with Gasteiger partial charge in [0, 0.05) is 30.0 Å². The van der Waals surface area contributed by atoms with E-state index in [0.717, 1.165) is 18.8 Å². The molecule has 0 fully saturated rings. The van der Waals surface area contributed by atoms with Gasteiger partial charge in [0.05, 0.1) is 0 Å². The number of carbonyl (C=O) groups is 1. The predicted octanol–water partition coefficient (Wildman–Crippen LogP) is 1.98. The number of rotatable bonds is 5. The lowest BCUT2D eigenvalue weighted by molar-refractivity contribution is 0.259. The smallest absolute Gasteiger partial charge is 0.316 e. The number of anilines is 2. The van der Waals surface area contributed by atoms with E-state index in [-0.39, 0.29) is 5.54 Å². The molecular formula is C13H22N4O. The summed E-state index contributed by atoms with van der Waals surface area (Å²) in [5, 5.41) is 9.20. The van der Waals surface area contributed by atoms with Crippen LogP contribution in [-0.2, 0) is 0 Å². The van der Waals surface area contributed by atoms with Gasteiger partial charge in [0.15, 0.2) is 0 Å². The van der Waals surface area contributed by atoms with Gasteiger partial charge in [0.2, 0.25) is 0 Å². The van der Waals surface area contributed by atoms with Gasteiger partial charge in [-0.25, -0.2) is 4.79 Å². The standard InChI is InChI=1S/C13H22N4O/c1-13(2,3)16-9-8-15-10-4-6-11(7-5-10)17-12(14)18/h4-7,15-16H,8-9H2,1-3H3,(H3,14,17,18). The summed E-state index contributed by atoms with van der Waals surface area (Å²) in [6, 6.07) is 6.88. The monoisotopic (exact) mass is 250 g/mol. The quantitative estimate of drug-likeness (QED) is 0.603. The highest BCUT2D eigenvalue weighted by molar-refractivity contribution is 5.87. The van der Waals surface area contributed by atoms with Crippen molar-refractivity contribution in [2.45, 2.75) is 26.3 Å². The topological polar surface area (TPSA) is 79.2 Å². The van der Waals surface area contributed by atoms with Gasteiger partial charge in [-0.15, -0.1) is 0 Å². The van der Waals surface area contributed by atoms with Gasteiger partial charge in [-0.05, 0) is 45.0 Å². The van der Waals surface area contributed by atoms with Crippen molar-refractivity contribution < 1.29 is 4.79 Å². The average molecular weight is 250 g/mol. The Bertz CT molecular complexity index is 381. The van der Waals surface area contributed by atoms with Gasteiger partial charge in [0.1, 0.15) is 0 Å². The van der Waals surface area contributed by atoms with Gasteiger partial charge in [-0.3, -0.25) is 0 Å². The van der Waals surface area contributed by atoms with Crippen LogP contribution in [0.2, 0.25) is 0 Å². The molecule has 0 radical (unpaired) electrons. The first-order chi connectivity index (χ1) is 8.37. The van der Waals surface area contributed by atoms with Gasteiger partial charge >= 0.3 is 6.03 Å². The van der Waals surface area contributed by atoms with E-state index in [1.54, 1.807) is 0 Å². The Morgan fingerprint density at radius 3 is 2.17 bits per heavy atom. The number of carbonyl (C=O) groups excluding carboxylic acids is 1. The summed E-state index contributed by atoms with van der Waals surface area (Å²) in [5.41, 5.74) is 6.87. The van der Waals surface area contributed by atoms with Gasteiger partial charge in [-0.1, -0.05) is 0 Å². The minimum atomic E-state index is -0.551. The van der Waals surface area contributed by atoms with Crippen LogP contribution in [0.4, 0.5) is 16.2 Å².